The first-order chi connectivity index (χ1) is 10.4. The van der Waals surface area contributed by atoms with Gasteiger partial charge in [0.1, 0.15) is 6.04 Å². The molecule has 1 atom stereocenters. The minimum atomic E-state index is -3.68. The Morgan fingerprint density at radius 3 is 2.82 bits per heavy atom. The van der Waals surface area contributed by atoms with Crippen molar-refractivity contribution in [3.8, 4) is 0 Å². The van der Waals surface area contributed by atoms with Gasteiger partial charge in [0, 0.05) is 17.6 Å². The van der Waals surface area contributed by atoms with Gasteiger partial charge in [0.05, 0.1) is 4.90 Å². The van der Waals surface area contributed by atoms with Crippen molar-refractivity contribution < 1.29 is 13.2 Å². The van der Waals surface area contributed by atoms with E-state index in [4.69, 9.17) is 0 Å². The molecule has 1 aliphatic heterocycles. The van der Waals surface area contributed by atoms with Gasteiger partial charge in [-0.25, -0.2) is 8.42 Å². The smallest absolute Gasteiger partial charge is 0.244 e. The van der Waals surface area contributed by atoms with Gasteiger partial charge in [-0.1, -0.05) is 13.0 Å². The van der Waals surface area contributed by atoms with Crippen LogP contribution in [-0.4, -0.2) is 37.8 Å². The summed E-state index contributed by atoms with van der Waals surface area (Å²) in [5.74, 6) is -0.203. The Morgan fingerprint density at radius 2 is 2.18 bits per heavy atom. The summed E-state index contributed by atoms with van der Waals surface area (Å²) in [6.07, 6.45) is 2.10. The van der Waals surface area contributed by atoms with Crippen LogP contribution in [0.15, 0.2) is 27.6 Å². The summed E-state index contributed by atoms with van der Waals surface area (Å²) in [7, 11) is -3.68. The van der Waals surface area contributed by atoms with E-state index in [-0.39, 0.29) is 10.8 Å². The van der Waals surface area contributed by atoms with E-state index in [0.717, 1.165) is 12.0 Å². The predicted octanol–water partition coefficient (Wildman–Crippen LogP) is 2.44. The molecular formula is C15H21BrN2O3S. The van der Waals surface area contributed by atoms with Crippen LogP contribution < -0.4 is 5.32 Å². The third kappa shape index (κ3) is 3.52. The van der Waals surface area contributed by atoms with Crippen molar-refractivity contribution in [2.24, 2.45) is 0 Å². The first-order valence-electron chi connectivity index (χ1n) is 7.43. The topological polar surface area (TPSA) is 66.5 Å². The number of hydrogen-bond acceptors (Lipinski definition) is 3. The number of aryl methyl sites for hydroxylation is 1. The molecule has 0 spiro atoms. The largest absolute Gasteiger partial charge is 0.355 e. The van der Waals surface area contributed by atoms with Crippen molar-refractivity contribution in [3.05, 3.63) is 28.2 Å². The molecule has 1 N–H and O–H groups in total. The normalized spacial score (nSPS) is 19.3. The fourth-order valence-corrected chi connectivity index (χ4v) is 5.41. The third-order valence-corrected chi connectivity index (χ3v) is 6.61. The van der Waals surface area contributed by atoms with Crippen molar-refractivity contribution in [3.63, 3.8) is 0 Å². The molecule has 1 aliphatic rings. The average molecular weight is 389 g/mol. The van der Waals surface area contributed by atoms with Crippen LogP contribution in [0.5, 0.6) is 0 Å². The first-order valence-corrected chi connectivity index (χ1v) is 9.67. The van der Waals surface area contributed by atoms with Gasteiger partial charge >= 0.3 is 0 Å². The maximum absolute atomic E-state index is 12.9. The van der Waals surface area contributed by atoms with Crippen molar-refractivity contribution >= 4 is 31.9 Å². The van der Waals surface area contributed by atoms with Crippen LogP contribution in [0.4, 0.5) is 0 Å². The molecular weight excluding hydrogens is 368 g/mol. The van der Waals surface area contributed by atoms with Crippen molar-refractivity contribution in [2.45, 2.75) is 44.0 Å². The van der Waals surface area contributed by atoms with E-state index in [1.54, 1.807) is 18.2 Å². The number of amides is 1. The van der Waals surface area contributed by atoms with E-state index in [0.29, 0.717) is 30.4 Å². The summed E-state index contributed by atoms with van der Waals surface area (Å²) in [6.45, 7) is 4.81. The van der Waals surface area contributed by atoms with Crippen LogP contribution in [0.1, 0.15) is 31.7 Å². The van der Waals surface area contributed by atoms with E-state index in [1.165, 1.54) is 4.31 Å². The maximum atomic E-state index is 12.9. The SMILES string of the molecule is CCCNC(=O)[C@@H]1CCCN1S(=O)(=O)c1ccc(C)cc1Br. The fourth-order valence-electron chi connectivity index (χ4n) is 2.60. The summed E-state index contributed by atoms with van der Waals surface area (Å²) in [4.78, 5) is 12.4. The minimum Gasteiger partial charge on any atom is -0.355 e. The quantitative estimate of drug-likeness (QED) is 0.841. The molecule has 1 saturated heterocycles. The van der Waals surface area contributed by atoms with E-state index in [9.17, 15) is 13.2 Å². The lowest BCUT2D eigenvalue weighted by molar-refractivity contribution is -0.124. The van der Waals surface area contributed by atoms with Gasteiger partial charge in [-0.3, -0.25) is 4.79 Å². The zero-order chi connectivity index (χ0) is 16.3. The van der Waals surface area contributed by atoms with Gasteiger partial charge in [0.25, 0.3) is 0 Å². The van der Waals surface area contributed by atoms with E-state index >= 15 is 0 Å². The highest BCUT2D eigenvalue weighted by atomic mass is 79.9. The second kappa shape index (κ2) is 7.10. The molecule has 0 saturated carbocycles. The van der Waals surface area contributed by atoms with Gasteiger partial charge in [-0.05, 0) is 59.8 Å². The number of nitrogens with zero attached hydrogens (tertiary/aromatic N) is 1. The van der Waals surface area contributed by atoms with Gasteiger partial charge in [-0.15, -0.1) is 0 Å². The van der Waals surface area contributed by atoms with E-state index < -0.39 is 16.1 Å². The molecule has 5 nitrogen and oxygen atoms in total. The molecule has 0 aliphatic carbocycles. The van der Waals surface area contributed by atoms with Crippen molar-refractivity contribution in [1.29, 1.82) is 0 Å². The van der Waals surface area contributed by atoms with Crippen molar-refractivity contribution in [1.82, 2.24) is 9.62 Å². The Morgan fingerprint density at radius 1 is 1.45 bits per heavy atom. The van der Waals surface area contributed by atoms with Crippen LogP contribution in [0.25, 0.3) is 0 Å². The predicted molar refractivity (Wildman–Crippen MR) is 89.1 cm³/mol. The second-order valence-corrected chi connectivity index (χ2v) is 8.21. The monoisotopic (exact) mass is 388 g/mol. The average Bonchev–Trinajstić information content (AvgIpc) is 2.94. The lowest BCUT2D eigenvalue weighted by Gasteiger charge is -2.24. The minimum absolute atomic E-state index is 0.203. The number of hydrogen-bond donors (Lipinski definition) is 1. The molecule has 7 heteroatoms. The third-order valence-electron chi connectivity index (χ3n) is 3.73. The molecule has 1 aromatic carbocycles. The number of carbonyl (C=O) groups excluding carboxylic acids is 1. The molecule has 1 aromatic rings. The Hall–Kier alpha value is -0.920. The summed E-state index contributed by atoms with van der Waals surface area (Å²) >= 11 is 3.32. The van der Waals surface area contributed by atoms with Crippen LogP contribution in [0.3, 0.4) is 0 Å². The molecule has 1 amide bonds. The summed E-state index contributed by atoms with van der Waals surface area (Å²) in [6, 6.07) is 4.52. The number of carbonyl (C=O) groups is 1. The zero-order valence-corrected chi connectivity index (χ0v) is 15.2. The van der Waals surface area contributed by atoms with Gasteiger partial charge in [-0.2, -0.15) is 4.31 Å². The van der Waals surface area contributed by atoms with Crippen LogP contribution in [0.2, 0.25) is 0 Å². The highest BCUT2D eigenvalue weighted by Gasteiger charge is 2.39. The summed E-state index contributed by atoms with van der Waals surface area (Å²) in [5, 5.41) is 2.79. The lowest BCUT2D eigenvalue weighted by Crippen LogP contribution is -2.46. The van der Waals surface area contributed by atoms with Crippen LogP contribution >= 0.6 is 15.9 Å². The zero-order valence-electron chi connectivity index (χ0n) is 12.8. The molecule has 1 heterocycles. The molecule has 2 rings (SSSR count). The fraction of sp³-hybridized carbons (Fsp3) is 0.533. The van der Waals surface area contributed by atoms with Crippen LogP contribution in [-0.2, 0) is 14.8 Å². The van der Waals surface area contributed by atoms with Gasteiger partial charge in [0.15, 0.2) is 0 Å². The standard InChI is InChI=1S/C15H21BrN2O3S/c1-3-8-17-15(19)13-5-4-9-18(13)22(20,21)14-7-6-11(2)10-12(14)16/h6-7,10,13H,3-5,8-9H2,1-2H3,(H,17,19)/t13-/m0/s1. The van der Waals surface area contributed by atoms with Gasteiger partial charge in [0.2, 0.25) is 15.9 Å². The molecule has 1 fully saturated rings. The number of benzene rings is 1. The summed E-state index contributed by atoms with van der Waals surface area (Å²) in [5.41, 5.74) is 0.976. The number of nitrogens with one attached hydrogen (secondary N) is 1. The van der Waals surface area contributed by atoms with Crippen molar-refractivity contribution in [2.75, 3.05) is 13.1 Å². The number of rotatable bonds is 5. The Kier molecular flexibility index (Phi) is 5.63. The Bertz CT molecular complexity index is 661. The van der Waals surface area contributed by atoms with E-state index in [1.807, 2.05) is 13.8 Å². The van der Waals surface area contributed by atoms with Gasteiger partial charge < -0.3 is 5.32 Å². The molecule has 0 unspecified atom stereocenters. The van der Waals surface area contributed by atoms with Crippen LogP contribution in [0, 0.1) is 6.92 Å². The Labute approximate surface area is 140 Å². The molecule has 122 valence electrons. The second-order valence-electron chi connectivity index (χ2n) is 5.50. The first kappa shape index (κ1) is 17.4. The highest BCUT2D eigenvalue weighted by Crippen LogP contribution is 2.31. The maximum Gasteiger partial charge on any atom is 0.244 e. The molecule has 0 radical (unpaired) electrons. The summed E-state index contributed by atoms with van der Waals surface area (Å²) < 4.78 is 27.6. The lowest BCUT2D eigenvalue weighted by atomic mass is 10.2. The van der Waals surface area contributed by atoms with E-state index in [2.05, 4.69) is 21.2 Å². The molecule has 22 heavy (non-hydrogen) atoms. The number of sulfonamides is 1. The Balaban J connectivity index is 2.29. The molecule has 0 aromatic heterocycles. The number of halogens is 1. The molecule has 0 bridgehead atoms. The highest BCUT2D eigenvalue weighted by molar-refractivity contribution is 9.10.